The Balaban J connectivity index is 2.35. The molecule has 0 bridgehead atoms. The van der Waals surface area contributed by atoms with Gasteiger partial charge in [0.2, 0.25) is 0 Å². The molecule has 1 unspecified atom stereocenters. The van der Waals surface area contributed by atoms with Crippen LogP contribution in [0, 0.1) is 0 Å². The third-order valence-electron chi connectivity index (χ3n) is 2.56. The van der Waals surface area contributed by atoms with Gasteiger partial charge < -0.3 is 19.9 Å². The second-order valence-electron chi connectivity index (χ2n) is 4.41. The molecule has 0 saturated carbocycles. The molecule has 0 aliphatic rings. The average molecular weight is 303 g/mol. The third-order valence-corrected chi connectivity index (χ3v) is 3.69. The summed E-state index contributed by atoms with van der Waals surface area (Å²) in [6.45, 7) is 1.79. The number of hydrogen-bond donors (Lipinski definition) is 2. The Kier molecular flexibility index (Phi) is 6.94. The first-order valence-electron chi connectivity index (χ1n) is 6.24. The second-order valence-corrected chi connectivity index (χ2v) is 6.42. The van der Waals surface area contributed by atoms with E-state index < -0.39 is 15.9 Å². The van der Waals surface area contributed by atoms with Crippen LogP contribution in [0.3, 0.4) is 0 Å². The quantitative estimate of drug-likeness (QED) is 0.628. The minimum Gasteiger partial charge on any atom is -0.491 e. The van der Waals surface area contributed by atoms with Crippen LogP contribution in [0.25, 0.3) is 0 Å². The van der Waals surface area contributed by atoms with E-state index in [1.165, 1.54) is 12.1 Å². The number of nitrogens with one attached hydrogen (secondary N) is 1. The van der Waals surface area contributed by atoms with Crippen molar-refractivity contribution in [3.63, 3.8) is 0 Å². The molecule has 0 radical (unpaired) electrons. The van der Waals surface area contributed by atoms with Crippen molar-refractivity contribution in [3.05, 3.63) is 24.3 Å². The summed E-state index contributed by atoms with van der Waals surface area (Å²) in [6.07, 6.45) is 0.514. The van der Waals surface area contributed by atoms with E-state index in [9.17, 15) is 13.5 Å². The van der Waals surface area contributed by atoms with Crippen LogP contribution >= 0.6 is 0 Å². The summed E-state index contributed by atoms with van der Waals surface area (Å²) in [6, 6.07) is 6.10. The molecule has 0 spiro atoms. The predicted octanol–water partition coefficient (Wildman–Crippen LogP) is 0.0658. The SMILES string of the molecule is COCCNCC(O)COc1ccc(S(C)(=O)=O)cc1. The summed E-state index contributed by atoms with van der Waals surface area (Å²) in [4.78, 5) is 0.242. The maximum atomic E-state index is 11.3. The van der Waals surface area contributed by atoms with Crippen molar-refractivity contribution in [1.29, 1.82) is 0 Å². The monoisotopic (exact) mass is 303 g/mol. The van der Waals surface area contributed by atoms with E-state index in [4.69, 9.17) is 9.47 Å². The molecule has 6 nitrogen and oxygen atoms in total. The van der Waals surface area contributed by atoms with Crippen LogP contribution in [0.1, 0.15) is 0 Å². The van der Waals surface area contributed by atoms with Crippen LogP contribution in [0.5, 0.6) is 5.75 Å². The Labute approximate surface area is 119 Å². The molecule has 0 aliphatic heterocycles. The Hall–Kier alpha value is -1.15. The lowest BCUT2D eigenvalue weighted by atomic mass is 10.3. The second kappa shape index (κ2) is 8.21. The first kappa shape index (κ1) is 16.9. The molecule has 0 saturated heterocycles. The third kappa shape index (κ3) is 6.33. The standard InChI is InChI=1S/C13H21NO5S/c1-18-8-7-14-9-11(15)10-19-12-3-5-13(6-4-12)20(2,16)17/h3-6,11,14-15H,7-10H2,1-2H3. The van der Waals surface area contributed by atoms with Crippen molar-refractivity contribution < 1.29 is 23.0 Å². The fourth-order valence-corrected chi connectivity index (χ4v) is 2.11. The van der Waals surface area contributed by atoms with Crippen LogP contribution < -0.4 is 10.1 Å². The lowest BCUT2D eigenvalue weighted by Gasteiger charge is -2.13. The van der Waals surface area contributed by atoms with E-state index in [0.29, 0.717) is 25.4 Å². The molecule has 1 rings (SSSR count). The van der Waals surface area contributed by atoms with Gasteiger partial charge in [0.25, 0.3) is 0 Å². The fourth-order valence-electron chi connectivity index (χ4n) is 1.48. The van der Waals surface area contributed by atoms with Crippen LogP contribution in [-0.2, 0) is 14.6 Å². The normalized spacial score (nSPS) is 13.2. The molecule has 1 aromatic rings. The van der Waals surface area contributed by atoms with E-state index in [1.807, 2.05) is 0 Å². The molecule has 2 N–H and O–H groups in total. The van der Waals surface area contributed by atoms with Gasteiger partial charge in [-0.3, -0.25) is 0 Å². The summed E-state index contributed by atoms with van der Waals surface area (Å²) in [5.74, 6) is 0.522. The van der Waals surface area contributed by atoms with Gasteiger partial charge in [-0.15, -0.1) is 0 Å². The molecule has 0 fully saturated rings. The molecule has 1 atom stereocenters. The van der Waals surface area contributed by atoms with E-state index in [0.717, 1.165) is 6.26 Å². The highest BCUT2D eigenvalue weighted by Crippen LogP contribution is 2.15. The number of aliphatic hydroxyl groups is 1. The molecular formula is C13H21NO5S. The summed E-state index contributed by atoms with van der Waals surface area (Å²) in [5, 5.41) is 12.7. The van der Waals surface area contributed by atoms with Crippen LogP contribution in [-0.4, -0.2) is 59.3 Å². The van der Waals surface area contributed by atoms with Crippen molar-refractivity contribution in [3.8, 4) is 5.75 Å². The minimum atomic E-state index is -3.20. The topological polar surface area (TPSA) is 84.9 Å². The number of sulfone groups is 1. The van der Waals surface area contributed by atoms with E-state index in [-0.39, 0.29) is 11.5 Å². The van der Waals surface area contributed by atoms with Gasteiger partial charge in [-0.25, -0.2) is 8.42 Å². The predicted molar refractivity (Wildman–Crippen MR) is 75.8 cm³/mol. The summed E-state index contributed by atoms with van der Waals surface area (Å²) >= 11 is 0. The number of methoxy groups -OCH3 is 1. The molecule has 20 heavy (non-hydrogen) atoms. The summed E-state index contributed by atoms with van der Waals surface area (Å²) < 4.78 is 32.8. The first-order chi connectivity index (χ1) is 9.43. The van der Waals surface area contributed by atoms with Gasteiger partial charge in [0.05, 0.1) is 11.5 Å². The van der Waals surface area contributed by atoms with Crippen molar-refractivity contribution in [2.75, 3.05) is 39.7 Å². The first-order valence-corrected chi connectivity index (χ1v) is 8.13. The van der Waals surface area contributed by atoms with E-state index >= 15 is 0 Å². The maximum Gasteiger partial charge on any atom is 0.175 e. The molecule has 0 aliphatic carbocycles. The molecule has 114 valence electrons. The Bertz CT molecular complexity index is 486. The van der Waals surface area contributed by atoms with Gasteiger partial charge in [0.15, 0.2) is 9.84 Å². The molecular weight excluding hydrogens is 282 g/mol. The molecule has 0 amide bonds. The van der Waals surface area contributed by atoms with Gasteiger partial charge in [-0.1, -0.05) is 0 Å². The highest BCUT2D eigenvalue weighted by Gasteiger charge is 2.08. The van der Waals surface area contributed by atoms with Crippen LogP contribution in [0.4, 0.5) is 0 Å². The van der Waals surface area contributed by atoms with Crippen molar-refractivity contribution in [2.24, 2.45) is 0 Å². The number of ether oxygens (including phenoxy) is 2. The molecule has 1 aromatic carbocycles. The van der Waals surface area contributed by atoms with Crippen molar-refractivity contribution >= 4 is 9.84 Å². The van der Waals surface area contributed by atoms with E-state index in [2.05, 4.69) is 5.32 Å². The van der Waals surface area contributed by atoms with Crippen molar-refractivity contribution in [1.82, 2.24) is 5.32 Å². The zero-order valence-corrected chi connectivity index (χ0v) is 12.5. The van der Waals surface area contributed by atoms with Gasteiger partial charge in [-0.05, 0) is 24.3 Å². The highest BCUT2D eigenvalue weighted by molar-refractivity contribution is 7.90. The highest BCUT2D eigenvalue weighted by atomic mass is 32.2. The largest absolute Gasteiger partial charge is 0.491 e. The lowest BCUT2D eigenvalue weighted by molar-refractivity contribution is 0.103. The number of benzene rings is 1. The minimum absolute atomic E-state index is 0.137. The zero-order chi connectivity index (χ0) is 15.0. The zero-order valence-electron chi connectivity index (χ0n) is 11.7. The van der Waals surface area contributed by atoms with E-state index in [1.54, 1.807) is 19.2 Å². The molecule has 0 aromatic heterocycles. The van der Waals surface area contributed by atoms with Gasteiger partial charge in [-0.2, -0.15) is 0 Å². The van der Waals surface area contributed by atoms with Crippen LogP contribution in [0.15, 0.2) is 29.2 Å². The average Bonchev–Trinajstić information content (AvgIpc) is 2.41. The summed E-state index contributed by atoms with van der Waals surface area (Å²) in [7, 11) is -1.58. The Morgan fingerprint density at radius 2 is 1.95 bits per heavy atom. The Morgan fingerprint density at radius 1 is 1.30 bits per heavy atom. The molecule has 7 heteroatoms. The number of aliphatic hydroxyl groups excluding tert-OH is 1. The maximum absolute atomic E-state index is 11.3. The number of hydrogen-bond acceptors (Lipinski definition) is 6. The summed E-state index contributed by atoms with van der Waals surface area (Å²) in [5.41, 5.74) is 0. The van der Waals surface area contributed by atoms with Gasteiger partial charge >= 0.3 is 0 Å². The Morgan fingerprint density at radius 3 is 2.50 bits per heavy atom. The molecule has 0 heterocycles. The fraction of sp³-hybridized carbons (Fsp3) is 0.538. The van der Waals surface area contributed by atoms with Gasteiger partial charge in [0.1, 0.15) is 18.5 Å². The van der Waals surface area contributed by atoms with Gasteiger partial charge in [0, 0.05) is 26.5 Å². The smallest absolute Gasteiger partial charge is 0.175 e. The lowest BCUT2D eigenvalue weighted by Crippen LogP contribution is -2.33. The number of rotatable bonds is 9. The van der Waals surface area contributed by atoms with Crippen LogP contribution in [0.2, 0.25) is 0 Å². The van der Waals surface area contributed by atoms with Crippen molar-refractivity contribution in [2.45, 2.75) is 11.0 Å².